The summed E-state index contributed by atoms with van der Waals surface area (Å²) in [7, 11) is -3.12. The van der Waals surface area contributed by atoms with E-state index in [2.05, 4.69) is 10.6 Å². The van der Waals surface area contributed by atoms with Gasteiger partial charge in [-0.1, -0.05) is 0 Å². The maximum absolute atomic E-state index is 11.7. The summed E-state index contributed by atoms with van der Waals surface area (Å²) in [6, 6.07) is 5.59. The first kappa shape index (κ1) is 16.2. The Hall–Kier alpha value is -2.22. The summed E-state index contributed by atoms with van der Waals surface area (Å²) in [5, 5.41) is 4.79. The van der Waals surface area contributed by atoms with Crippen LogP contribution >= 0.6 is 0 Å². The molecule has 1 fully saturated rings. The number of hydrogen-bond donors (Lipinski definition) is 2. The van der Waals surface area contributed by atoms with Crippen LogP contribution < -0.4 is 10.6 Å². The van der Waals surface area contributed by atoms with Gasteiger partial charge in [-0.25, -0.2) is 8.42 Å². The second-order valence-corrected chi connectivity index (χ2v) is 7.39. The summed E-state index contributed by atoms with van der Waals surface area (Å²) in [5.41, 5.74) is 0.878. The first-order valence-corrected chi connectivity index (χ1v) is 8.52. The van der Waals surface area contributed by atoms with E-state index in [0.717, 1.165) is 0 Å². The minimum Gasteiger partial charge on any atom is -0.344 e. The molecule has 1 aromatic rings. The lowest BCUT2D eigenvalue weighted by atomic mass is 10.1. The van der Waals surface area contributed by atoms with Crippen molar-refractivity contribution in [2.24, 2.45) is 0 Å². The summed E-state index contributed by atoms with van der Waals surface area (Å²) in [5.74, 6) is -1.97. The molecular weight excluding hydrogens is 308 g/mol. The van der Waals surface area contributed by atoms with E-state index in [9.17, 15) is 22.8 Å². The maximum atomic E-state index is 11.7. The predicted molar refractivity (Wildman–Crippen MR) is 80.3 cm³/mol. The first-order chi connectivity index (χ1) is 10.3. The third-order valence-electron chi connectivity index (χ3n) is 3.32. The number of anilines is 1. The van der Waals surface area contributed by atoms with Gasteiger partial charge in [-0.3, -0.25) is 14.4 Å². The van der Waals surface area contributed by atoms with E-state index in [-0.39, 0.29) is 17.3 Å². The van der Waals surface area contributed by atoms with Gasteiger partial charge in [0.25, 0.3) is 0 Å². The molecule has 1 saturated heterocycles. The average Bonchev–Trinajstić information content (AvgIpc) is 2.78. The molecule has 2 amide bonds. The van der Waals surface area contributed by atoms with E-state index in [1.807, 2.05) is 0 Å². The lowest BCUT2D eigenvalue weighted by Crippen LogP contribution is -2.42. The largest absolute Gasteiger partial charge is 0.344 e. The van der Waals surface area contributed by atoms with Crippen LogP contribution in [0.5, 0.6) is 0 Å². The van der Waals surface area contributed by atoms with Crippen LogP contribution in [-0.2, 0) is 19.4 Å². The van der Waals surface area contributed by atoms with E-state index in [0.29, 0.717) is 17.7 Å². The van der Waals surface area contributed by atoms with Crippen LogP contribution in [0.3, 0.4) is 0 Å². The molecule has 7 nitrogen and oxygen atoms in total. The van der Waals surface area contributed by atoms with Gasteiger partial charge in [0, 0.05) is 17.3 Å². The van der Waals surface area contributed by atoms with Crippen molar-refractivity contribution in [3.05, 3.63) is 29.8 Å². The summed E-state index contributed by atoms with van der Waals surface area (Å²) >= 11 is 0. The number of nitrogens with one attached hydrogen (secondary N) is 2. The van der Waals surface area contributed by atoms with E-state index in [1.54, 1.807) is 12.1 Å². The molecule has 22 heavy (non-hydrogen) atoms. The van der Waals surface area contributed by atoms with Crippen LogP contribution in [0.4, 0.5) is 5.69 Å². The molecule has 1 unspecified atom stereocenters. The molecule has 118 valence electrons. The number of carbonyl (C=O) groups excluding carboxylic acids is 3. The fourth-order valence-electron chi connectivity index (χ4n) is 2.14. The smallest absolute Gasteiger partial charge is 0.313 e. The number of sulfone groups is 1. The zero-order valence-corrected chi connectivity index (χ0v) is 12.8. The van der Waals surface area contributed by atoms with Gasteiger partial charge in [0.15, 0.2) is 15.6 Å². The van der Waals surface area contributed by atoms with E-state index < -0.39 is 27.7 Å². The van der Waals surface area contributed by atoms with Gasteiger partial charge in [0.2, 0.25) is 0 Å². The van der Waals surface area contributed by atoms with Crippen LogP contribution in [0.1, 0.15) is 23.7 Å². The highest BCUT2D eigenvalue weighted by molar-refractivity contribution is 7.91. The first-order valence-electron chi connectivity index (χ1n) is 6.70. The molecule has 0 saturated carbocycles. The second-order valence-electron chi connectivity index (χ2n) is 5.16. The summed E-state index contributed by atoms with van der Waals surface area (Å²) in [4.78, 5) is 34.6. The quantitative estimate of drug-likeness (QED) is 0.607. The number of hydrogen-bond acceptors (Lipinski definition) is 5. The molecule has 2 rings (SSSR count). The van der Waals surface area contributed by atoms with Crippen molar-refractivity contribution in [1.29, 1.82) is 0 Å². The predicted octanol–water partition coefficient (Wildman–Crippen LogP) is 0.131. The Morgan fingerprint density at radius 1 is 1.09 bits per heavy atom. The van der Waals surface area contributed by atoms with Crippen molar-refractivity contribution >= 4 is 33.1 Å². The van der Waals surface area contributed by atoms with Crippen molar-refractivity contribution < 1.29 is 22.8 Å². The lowest BCUT2D eigenvalue weighted by molar-refractivity contribution is -0.136. The molecule has 8 heteroatoms. The van der Waals surface area contributed by atoms with E-state index >= 15 is 0 Å². The summed E-state index contributed by atoms with van der Waals surface area (Å²) in [6.45, 7) is 1.43. The van der Waals surface area contributed by atoms with Gasteiger partial charge in [0.1, 0.15) is 0 Å². The zero-order valence-electron chi connectivity index (χ0n) is 12.0. The number of carbonyl (C=O) groups is 3. The number of amides is 2. The van der Waals surface area contributed by atoms with Crippen molar-refractivity contribution in [2.75, 3.05) is 16.8 Å². The molecule has 1 heterocycles. The Balaban J connectivity index is 1.91. The standard InChI is InChI=1S/C14H16N2O5S/c1-9(17)10-2-4-11(5-3-10)15-13(18)14(19)16-12-6-7-22(20,21)8-12/h2-5,12H,6-8H2,1H3,(H,15,18)(H,16,19). The molecule has 1 aliphatic rings. The van der Waals surface area contributed by atoms with Crippen LogP contribution in [0.25, 0.3) is 0 Å². The van der Waals surface area contributed by atoms with Gasteiger partial charge < -0.3 is 10.6 Å². The molecule has 0 bridgehead atoms. The highest BCUT2D eigenvalue weighted by Crippen LogP contribution is 2.12. The molecule has 1 atom stereocenters. The Morgan fingerprint density at radius 2 is 1.73 bits per heavy atom. The third kappa shape index (κ3) is 4.14. The molecular formula is C14H16N2O5S. The molecule has 0 radical (unpaired) electrons. The fraction of sp³-hybridized carbons (Fsp3) is 0.357. The number of Topliss-reactive ketones (excluding diaryl/α,β-unsaturated/α-hetero) is 1. The highest BCUT2D eigenvalue weighted by Gasteiger charge is 2.30. The Morgan fingerprint density at radius 3 is 2.23 bits per heavy atom. The van der Waals surface area contributed by atoms with Gasteiger partial charge in [-0.05, 0) is 37.6 Å². The summed E-state index contributed by atoms with van der Waals surface area (Å²) < 4.78 is 22.6. The Labute approximate surface area is 128 Å². The van der Waals surface area contributed by atoms with Crippen molar-refractivity contribution in [3.8, 4) is 0 Å². The van der Waals surface area contributed by atoms with Crippen LogP contribution in [0.2, 0.25) is 0 Å². The topological polar surface area (TPSA) is 109 Å². The second kappa shape index (κ2) is 6.27. The molecule has 1 aliphatic heterocycles. The number of benzene rings is 1. The number of ketones is 1. The SMILES string of the molecule is CC(=O)c1ccc(NC(=O)C(=O)NC2CCS(=O)(=O)C2)cc1. The molecule has 0 spiro atoms. The van der Waals surface area contributed by atoms with Gasteiger partial charge in [-0.15, -0.1) is 0 Å². The molecule has 0 aliphatic carbocycles. The maximum Gasteiger partial charge on any atom is 0.313 e. The average molecular weight is 324 g/mol. The molecule has 0 aromatic heterocycles. The minimum atomic E-state index is -3.12. The van der Waals surface area contributed by atoms with Crippen LogP contribution in [0, 0.1) is 0 Å². The van der Waals surface area contributed by atoms with Crippen molar-refractivity contribution in [3.63, 3.8) is 0 Å². The van der Waals surface area contributed by atoms with E-state index in [4.69, 9.17) is 0 Å². The van der Waals surface area contributed by atoms with Crippen LogP contribution in [-0.4, -0.2) is 43.6 Å². The van der Waals surface area contributed by atoms with Crippen LogP contribution in [0.15, 0.2) is 24.3 Å². The van der Waals surface area contributed by atoms with Gasteiger partial charge in [-0.2, -0.15) is 0 Å². The molecule has 1 aromatic carbocycles. The summed E-state index contributed by atoms with van der Waals surface area (Å²) in [6.07, 6.45) is 0.314. The van der Waals surface area contributed by atoms with Gasteiger partial charge >= 0.3 is 11.8 Å². The van der Waals surface area contributed by atoms with Crippen molar-refractivity contribution in [1.82, 2.24) is 5.32 Å². The monoisotopic (exact) mass is 324 g/mol. The van der Waals surface area contributed by atoms with Crippen molar-refractivity contribution in [2.45, 2.75) is 19.4 Å². The normalized spacial score (nSPS) is 19.4. The van der Waals surface area contributed by atoms with Gasteiger partial charge in [0.05, 0.1) is 11.5 Å². The lowest BCUT2D eigenvalue weighted by Gasteiger charge is -2.10. The molecule has 2 N–H and O–H groups in total. The number of rotatable bonds is 3. The Bertz CT molecular complexity index is 709. The minimum absolute atomic E-state index is 0.0199. The zero-order chi connectivity index (χ0) is 16.3. The van der Waals surface area contributed by atoms with E-state index in [1.165, 1.54) is 19.1 Å². The highest BCUT2D eigenvalue weighted by atomic mass is 32.2. The fourth-order valence-corrected chi connectivity index (χ4v) is 3.81. The third-order valence-corrected chi connectivity index (χ3v) is 5.09. The Kier molecular flexibility index (Phi) is 4.60.